The highest BCUT2D eigenvalue weighted by Crippen LogP contribution is 2.33. The summed E-state index contributed by atoms with van der Waals surface area (Å²) in [4.78, 5) is 15.4. The molecular weight excluding hydrogens is 278 g/mol. The molecule has 2 heterocycles. The van der Waals surface area contributed by atoms with Gasteiger partial charge in [-0.15, -0.1) is 10.2 Å². The number of thioether (sulfide) groups is 1. The van der Waals surface area contributed by atoms with Crippen molar-refractivity contribution < 1.29 is 9.90 Å². The Balaban J connectivity index is 2.26. The van der Waals surface area contributed by atoms with Crippen molar-refractivity contribution in [3.63, 3.8) is 0 Å². The fraction of sp³-hybridized carbons (Fsp3) is 0.111. The molecule has 2 aromatic rings. The molecule has 0 aliphatic heterocycles. The second kappa shape index (κ2) is 5.48. The number of aromatic carboxylic acids is 1. The average molecular weight is 285 g/mol. The highest BCUT2D eigenvalue weighted by Gasteiger charge is 2.14. The lowest BCUT2D eigenvalue weighted by molar-refractivity contribution is 0.0686. The van der Waals surface area contributed by atoms with Crippen LogP contribution in [0.25, 0.3) is 0 Å². The molecule has 88 valence electrons. The molecule has 1 N–H and O–H groups in total. The summed E-state index contributed by atoms with van der Waals surface area (Å²) >= 11 is 4.21. The third-order valence-corrected chi connectivity index (χ3v) is 4.73. The zero-order valence-electron chi connectivity index (χ0n) is 8.65. The molecule has 0 spiro atoms. The zero-order valence-corrected chi connectivity index (χ0v) is 11.1. The van der Waals surface area contributed by atoms with Crippen molar-refractivity contribution in [2.75, 3.05) is 6.26 Å². The van der Waals surface area contributed by atoms with Gasteiger partial charge >= 0.3 is 5.97 Å². The normalized spacial score (nSPS) is 10.4. The van der Waals surface area contributed by atoms with Crippen molar-refractivity contribution >= 4 is 40.8 Å². The predicted octanol–water partition coefficient (Wildman–Crippen LogP) is 2.50. The van der Waals surface area contributed by atoms with Gasteiger partial charge in [0.05, 0.1) is 0 Å². The lowest BCUT2D eigenvalue weighted by Crippen LogP contribution is -2.01. The van der Waals surface area contributed by atoms with Crippen LogP contribution >= 0.6 is 34.9 Å². The van der Waals surface area contributed by atoms with Gasteiger partial charge in [0.2, 0.25) is 0 Å². The summed E-state index contributed by atoms with van der Waals surface area (Å²) in [5.74, 6) is -1.04. The molecule has 0 saturated carbocycles. The van der Waals surface area contributed by atoms with Gasteiger partial charge in [0.15, 0.2) is 14.4 Å². The number of carboxylic acid groups (broad SMARTS) is 1. The summed E-state index contributed by atoms with van der Waals surface area (Å²) in [5, 5.41) is 16.9. The van der Waals surface area contributed by atoms with Gasteiger partial charge in [-0.1, -0.05) is 34.9 Å². The number of hydrogen-bond donors (Lipinski definition) is 1. The SMILES string of the molecule is CSc1nnc(Sc2cccnc2C(=O)O)s1. The van der Waals surface area contributed by atoms with Crippen molar-refractivity contribution in [3.05, 3.63) is 24.0 Å². The first-order valence-corrected chi connectivity index (χ1v) is 7.30. The van der Waals surface area contributed by atoms with Crippen LogP contribution in [0.3, 0.4) is 0 Å². The molecule has 0 fully saturated rings. The molecule has 0 bridgehead atoms. The van der Waals surface area contributed by atoms with E-state index in [4.69, 9.17) is 5.11 Å². The first-order chi connectivity index (χ1) is 8.20. The van der Waals surface area contributed by atoms with Crippen LogP contribution in [0.5, 0.6) is 0 Å². The van der Waals surface area contributed by atoms with Crippen LogP contribution in [0.15, 0.2) is 31.9 Å². The van der Waals surface area contributed by atoms with Gasteiger partial charge in [0.1, 0.15) is 0 Å². The summed E-state index contributed by atoms with van der Waals surface area (Å²) in [6.07, 6.45) is 3.38. The summed E-state index contributed by atoms with van der Waals surface area (Å²) in [6.45, 7) is 0. The van der Waals surface area contributed by atoms with Gasteiger partial charge in [-0.25, -0.2) is 9.78 Å². The molecule has 0 aliphatic carbocycles. The van der Waals surface area contributed by atoms with Crippen LogP contribution in [0.4, 0.5) is 0 Å². The molecule has 2 rings (SSSR count). The minimum atomic E-state index is -1.04. The average Bonchev–Trinajstić information content (AvgIpc) is 2.77. The van der Waals surface area contributed by atoms with Crippen LogP contribution in [0.2, 0.25) is 0 Å². The molecule has 8 heteroatoms. The molecule has 0 radical (unpaired) electrons. The molecule has 2 aromatic heterocycles. The zero-order chi connectivity index (χ0) is 12.3. The number of aromatic nitrogens is 3. The van der Waals surface area contributed by atoms with Crippen molar-refractivity contribution in [2.45, 2.75) is 13.6 Å². The Labute approximate surface area is 110 Å². The summed E-state index contributed by atoms with van der Waals surface area (Å²) in [5.41, 5.74) is 0.0402. The molecule has 0 aromatic carbocycles. The van der Waals surface area contributed by atoms with Gasteiger partial charge in [-0.2, -0.15) is 0 Å². The monoisotopic (exact) mass is 285 g/mol. The molecule has 17 heavy (non-hydrogen) atoms. The van der Waals surface area contributed by atoms with E-state index in [0.717, 1.165) is 4.34 Å². The van der Waals surface area contributed by atoms with E-state index in [2.05, 4.69) is 15.2 Å². The van der Waals surface area contributed by atoms with Gasteiger partial charge < -0.3 is 5.11 Å². The Morgan fingerprint density at radius 3 is 2.82 bits per heavy atom. The maximum absolute atomic E-state index is 11.0. The second-order valence-electron chi connectivity index (χ2n) is 2.80. The highest BCUT2D eigenvalue weighted by molar-refractivity contribution is 8.03. The maximum atomic E-state index is 11.0. The Hall–Kier alpha value is -1.12. The van der Waals surface area contributed by atoms with Gasteiger partial charge in [0.25, 0.3) is 0 Å². The lowest BCUT2D eigenvalue weighted by Gasteiger charge is -2.00. The van der Waals surface area contributed by atoms with E-state index < -0.39 is 5.97 Å². The van der Waals surface area contributed by atoms with Gasteiger partial charge in [-0.05, 0) is 18.4 Å². The summed E-state index contributed by atoms with van der Waals surface area (Å²) in [7, 11) is 0. The Morgan fingerprint density at radius 1 is 1.41 bits per heavy atom. The molecule has 0 amide bonds. The molecular formula is C9H7N3O2S3. The largest absolute Gasteiger partial charge is 0.476 e. The topological polar surface area (TPSA) is 76.0 Å². The number of hydrogen-bond acceptors (Lipinski definition) is 7. The van der Waals surface area contributed by atoms with E-state index in [0.29, 0.717) is 9.24 Å². The number of nitrogens with zero attached hydrogens (tertiary/aromatic N) is 3. The maximum Gasteiger partial charge on any atom is 0.355 e. The lowest BCUT2D eigenvalue weighted by atomic mass is 10.3. The van der Waals surface area contributed by atoms with Crippen LogP contribution < -0.4 is 0 Å². The Morgan fingerprint density at radius 2 is 2.18 bits per heavy atom. The highest BCUT2D eigenvalue weighted by atomic mass is 32.2. The van der Waals surface area contributed by atoms with Crippen LogP contribution in [0.1, 0.15) is 10.5 Å². The minimum Gasteiger partial charge on any atom is -0.476 e. The molecule has 0 atom stereocenters. The third-order valence-electron chi connectivity index (χ3n) is 1.73. The first-order valence-electron chi connectivity index (χ1n) is 4.44. The molecule has 0 saturated heterocycles. The van der Waals surface area contributed by atoms with Gasteiger partial charge in [0, 0.05) is 11.1 Å². The number of pyridine rings is 1. The number of carboxylic acids is 1. The van der Waals surface area contributed by atoms with Crippen molar-refractivity contribution in [1.82, 2.24) is 15.2 Å². The Bertz CT molecular complexity index is 544. The molecule has 5 nitrogen and oxygen atoms in total. The van der Waals surface area contributed by atoms with Crippen molar-refractivity contribution in [1.29, 1.82) is 0 Å². The molecule has 0 aliphatic rings. The van der Waals surface area contributed by atoms with Gasteiger partial charge in [-0.3, -0.25) is 0 Å². The van der Waals surface area contributed by atoms with E-state index in [1.165, 1.54) is 41.1 Å². The fourth-order valence-corrected chi connectivity index (χ4v) is 3.54. The fourth-order valence-electron chi connectivity index (χ4n) is 1.05. The quantitative estimate of drug-likeness (QED) is 0.865. The third kappa shape index (κ3) is 2.96. The van der Waals surface area contributed by atoms with Crippen LogP contribution in [-0.2, 0) is 0 Å². The first kappa shape index (κ1) is 12.3. The van der Waals surface area contributed by atoms with E-state index in [-0.39, 0.29) is 5.69 Å². The van der Waals surface area contributed by atoms with Crippen molar-refractivity contribution in [3.8, 4) is 0 Å². The van der Waals surface area contributed by atoms with E-state index in [9.17, 15) is 4.79 Å². The summed E-state index contributed by atoms with van der Waals surface area (Å²) < 4.78 is 1.57. The van der Waals surface area contributed by atoms with E-state index in [1.54, 1.807) is 12.1 Å². The summed E-state index contributed by atoms with van der Waals surface area (Å²) in [6, 6.07) is 3.41. The second-order valence-corrected chi connectivity index (χ2v) is 6.12. The smallest absolute Gasteiger partial charge is 0.355 e. The predicted molar refractivity (Wildman–Crippen MR) is 67.0 cm³/mol. The number of rotatable bonds is 4. The number of carbonyl (C=O) groups is 1. The minimum absolute atomic E-state index is 0.0402. The van der Waals surface area contributed by atoms with E-state index >= 15 is 0 Å². The molecule has 0 unspecified atom stereocenters. The standard InChI is InChI=1S/C9H7N3O2S3/c1-15-8-11-12-9(17-8)16-5-3-2-4-10-6(5)7(13)14/h2-4H,1H3,(H,13,14). The van der Waals surface area contributed by atoms with Crippen LogP contribution in [0, 0.1) is 0 Å². The van der Waals surface area contributed by atoms with Crippen molar-refractivity contribution in [2.24, 2.45) is 0 Å². The van der Waals surface area contributed by atoms with E-state index in [1.807, 2.05) is 6.26 Å². The van der Waals surface area contributed by atoms with Crippen LogP contribution in [-0.4, -0.2) is 32.5 Å². The Kier molecular flexibility index (Phi) is 3.97.